The van der Waals surface area contributed by atoms with Crippen molar-refractivity contribution in [3.8, 4) is 0 Å². The molecule has 0 aliphatic carbocycles. The number of hydrogen-bond acceptors (Lipinski definition) is 5. The maximum absolute atomic E-state index is 11.9. The third-order valence-electron chi connectivity index (χ3n) is 2.87. The molecule has 0 aliphatic rings. The van der Waals surface area contributed by atoms with Crippen LogP contribution >= 0.6 is 0 Å². The van der Waals surface area contributed by atoms with Crippen molar-refractivity contribution < 1.29 is 24.5 Å². The molecular weight excluding hydrogens is 274 g/mol. The van der Waals surface area contributed by atoms with E-state index in [0.29, 0.717) is 18.8 Å². The fourth-order valence-electron chi connectivity index (χ4n) is 2.06. The first kappa shape index (κ1) is 19.9. The Morgan fingerprint density at radius 3 is 2.00 bits per heavy atom. The van der Waals surface area contributed by atoms with Gasteiger partial charge in [-0.05, 0) is 18.3 Å². The molecule has 0 aromatic heterocycles. The van der Waals surface area contributed by atoms with Crippen molar-refractivity contribution in [1.82, 2.24) is 5.32 Å². The van der Waals surface area contributed by atoms with Gasteiger partial charge in [0.25, 0.3) is 0 Å². The van der Waals surface area contributed by atoms with Crippen LogP contribution in [0.5, 0.6) is 0 Å². The van der Waals surface area contributed by atoms with Gasteiger partial charge in [-0.2, -0.15) is 0 Å². The number of aliphatic hydroxyl groups excluding tert-OH is 2. The average molecular weight is 303 g/mol. The summed E-state index contributed by atoms with van der Waals surface area (Å²) >= 11 is 0. The Balaban J connectivity index is 4.47. The summed E-state index contributed by atoms with van der Waals surface area (Å²) in [4.78, 5) is 23.6. The van der Waals surface area contributed by atoms with Gasteiger partial charge in [-0.25, -0.2) is 4.79 Å². The molecule has 3 N–H and O–H groups in total. The van der Waals surface area contributed by atoms with Crippen molar-refractivity contribution in [2.24, 2.45) is 11.8 Å². The molecule has 0 bridgehead atoms. The summed E-state index contributed by atoms with van der Waals surface area (Å²) in [6, 6.07) is -0.290. The number of alkyl carbamates (subject to hydrolysis) is 1. The van der Waals surface area contributed by atoms with Crippen LogP contribution in [0.25, 0.3) is 0 Å². The molecule has 0 saturated carbocycles. The molecule has 0 radical (unpaired) electrons. The minimum atomic E-state index is -0.934. The molecule has 6 heteroatoms. The topological polar surface area (TPSA) is 95.9 Å². The van der Waals surface area contributed by atoms with Crippen molar-refractivity contribution in [2.75, 3.05) is 13.2 Å². The summed E-state index contributed by atoms with van der Waals surface area (Å²) in [6.45, 7) is 7.10. The zero-order valence-corrected chi connectivity index (χ0v) is 13.5. The lowest BCUT2D eigenvalue weighted by Gasteiger charge is -2.21. The predicted octanol–water partition coefficient (Wildman–Crippen LogP) is 1.49. The lowest BCUT2D eigenvalue weighted by Crippen LogP contribution is -2.40. The Morgan fingerprint density at radius 2 is 1.57 bits per heavy atom. The lowest BCUT2D eigenvalue weighted by molar-refractivity contribution is -0.120. The molecule has 1 atom stereocenters. The first-order valence-corrected chi connectivity index (χ1v) is 7.49. The molecule has 0 aromatic rings. The SMILES string of the molecule is CC(C)CC(=O)CC(CC(C)C)NC(=O)OC(CO)CO. The van der Waals surface area contributed by atoms with Crippen LogP contribution in [0, 0.1) is 11.8 Å². The summed E-state index contributed by atoms with van der Waals surface area (Å²) in [6.07, 6.45) is -0.223. The fourth-order valence-corrected chi connectivity index (χ4v) is 2.06. The average Bonchev–Trinajstić information content (AvgIpc) is 2.33. The van der Waals surface area contributed by atoms with E-state index in [1.54, 1.807) is 0 Å². The van der Waals surface area contributed by atoms with Gasteiger partial charge in [0.1, 0.15) is 11.9 Å². The van der Waals surface area contributed by atoms with Gasteiger partial charge in [0.05, 0.1) is 13.2 Å². The molecule has 21 heavy (non-hydrogen) atoms. The van der Waals surface area contributed by atoms with Gasteiger partial charge < -0.3 is 20.3 Å². The molecule has 0 aliphatic heterocycles. The Morgan fingerprint density at radius 1 is 1.00 bits per heavy atom. The number of Topliss-reactive ketones (excluding diaryl/α,β-unsaturated/α-hetero) is 1. The van der Waals surface area contributed by atoms with Gasteiger partial charge in [-0.3, -0.25) is 4.79 Å². The van der Waals surface area contributed by atoms with Crippen molar-refractivity contribution >= 4 is 11.9 Å². The fraction of sp³-hybridized carbons (Fsp3) is 0.867. The van der Waals surface area contributed by atoms with Crippen LogP contribution in [0.2, 0.25) is 0 Å². The molecule has 0 rings (SSSR count). The van der Waals surface area contributed by atoms with Gasteiger partial charge in [0, 0.05) is 18.9 Å². The van der Waals surface area contributed by atoms with Gasteiger partial charge in [-0.1, -0.05) is 27.7 Å². The van der Waals surface area contributed by atoms with Gasteiger partial charge in [0.2, 0.25) is 0 Å². The summed E-state index contributed by atoms with van der Waals surface area (Å²) < 4.78 is 4.86. The summed E-state index contributed by atoms with van der Waals surface area (Å²) in [5, 5.41) is 20.4. The minimum Gasteiger partial charge on any atom is -0.441 e. The number of rotatable bonds is 10. The molecule has 0 heterocycles. The van der Waals surface area contributed by atoms with E-state index in [4.69, 9.17) is 14.9 Å². The monoisotopic (exact) mass is 303 g/mol. The zero-order chi connectivity index (χ0) is 16.4. The van der Waals surface area contributed by atoms with Crippen molar-refractivity contribution in [2.45, 2.75) is 59.1 Å². The number of carbonyl (C=O) groups excluding carboxylic acids is 2. The normalized spacial score (nSPS) is 12.8. The molecule has 0 saturated heterocycles. The second-order valence-corrected chi connectivity index (χ2v) is 6.20. The summed E-state index contributed by atoms with van der Waals surface area (Å²) in [5.74, 6) is 0.725. The van der Waals surface area contributed by atoms with Crippen LogP contribution in [0.1, 0.15) is 47.0 Å². The first-order valence-electron chi connectivity index (χ1n) is 7.49. The zero-order valence-electron chi connectivity index (χ0n) is 13.5. The molecular formula is C15H29NO5. The van der Waals surface area contributed by atoms with E-state index >= 15 is 0 Å². The van der Waals surface area contributed by atoms with Crippen LogP contribution in [0.4, 0.5) is 4.79 Å². The largest absolute Gasteiger partial charge is 0.441 e. The number of amides is 1. The van der Waals surface area contributed by atoms with Crippen molar-refractivity contribution in [1.29, 1.82) is 0 Å². The van der Waals surface area contributed by atoms with Crippen LogP contribution < -0.4 is 5.32 Å². The van der Waals surface area contributed by atoms with Crippen LogP contribution in [-0.4, -0.2) is 47.4 Å². The van der Waals surface area contributed by atoms with E-state index in [2.05, 4.69) is 5.32 Å². The molecule has 0 fully saturated rings. The van der Waals surface area contributed by atoms with Crippen LogP contribution in [-0.2, 0) is 9.53 Å². The standard InChI is InChI=1S/C15H29NO5/c1-10(2)5-12(7-13(19)6-11(3)4)16-15(20)21-14(8-17)9-18/h10-12,14,17-18H,5-9H2,1-4H3,(H,16,20). The van der Waals surface area contributed by atoms with E-state index in [9.17, 15) is 9.59 Å². The number of nitrogens with one attached hydrogen (secondary N) is 1. The summed E-state index contributed by atoms with van der Waals surface area (Å²) in [7, 11) is 0. The molecule has 0 spiro atoms. The van der Waals surface area contributed by atoms with Gasteiger partial charge in [-0.15, -0.1) is 0 Å². The van der Waals surface area contributed by atoms with Crippen LogP contribution in [0.3, 0.4) is 0 Å². The van der Waals surface area contributed by atoms with E-state index in [0.717, 1.165) is 0 Å². The molecule has 1 amide bonds. The number of ether oxygens (including phenoxy) is 1. The Labute approximate surface area is 126 Å². The maximum atomic E-state index is 11.9. The quantitative estimate of drug-likeness (QED) is 0.568. The number of carbonyl (C=O) groups is 2. The minimum absolute atomic E-state index is 0.108. The Hall–Kier alpha value is -1.14. The third kappa shape index (κ3) is 10.3. The highest BCUT2D eigenvalue weighted by molar-refractivity contribution is 5.80. The van der Waals surface area contributed by atoms with E-state index in [1.165, 1.54) is 0 Å². The molecule has 6 nitrogen and oxygen atoms in total. The summed E-state index contributed by atoms with van der Waals surface area (Å²) in [5.41, 5.74) is 0. The maximum Gasteiger partial charge on any atom is 0.407 e. The second kappa shape index (κ2) is 10.6. The number of hydrogen-bond donors (Lipinski definition) is 3. The highest BCUT2D eigenvalue weighted by Gasteiger charge is 2.20. The van der Waals surface area contributed by atoms with Gasteiger partial charge in [0.15, 0.2) is 0 Å². The molecule has 124 valence electrons. The van der Waals surface area contributed by atoms with Crippen molar-refractivity contribution in [3.63, 3.8) is 0 Å². The highest BCUT2D eigenvalue weighted by atomic mass is 16.6. The van der Waals surface area contributed by atoms with E-state index < -0.39 is 25.4 Å². The van der Waals surface area contributed by atoms with E-state index in [1.807, 2.05) is 27.7 Å². The second-order valence-electron chi connectivity index (χ2n) is 6.20. The predicted molar refractivity (Wildman–Crippen MR) is 79.9 cm³/mol. The number of ketones is 1. The third-order valence-corrected chi connectivity index (χ3v) is 2.87. The first-order chi connectivity index (χ1) is 9.78. The highest BCUT2D eigenvalue weighted by Crippen LogP contribution is 2.12. The lowest BCUT2D eigenvalue weighted by atomic mass is 9.96. The molecule has 1 unspecified atom stereocenters. The molecule has 0 aromatic carbocycles. The van der Waals surface area contributed by atoms with Crippen LogP contribution in [0.15, 0.2) is 0 Å². The Bertz CT molecular complexity index is 313. The van der Waals surface area contributed by atoms with Crippen molar-refractivity contribution in [3.05, 3.63) is 0 Å². The smallest absolute Gasteiger partial charge is 0.407 e. The van der Waals surface area contributed by atoms with Gasteiger partial charge >= 0.3 is 6.09 Å². The van der Waals surface area contributed by atoms with E-state index in [-0.39, 0.29) is 24.2 Å². The Kier molecular flexibility index (Phi) is 9.99. The number of aliphatic hydroxyl groups is 2.